The Labute approximate surface area is 231 Å². The van der Waals surface area contributed by atoms with Crippen LogP contribution in [-0.2, 0) is 19.5 Å². The predicted molar refractivity (Wildman–Crippen MR) is 143 cm³/mol. The lowest BCUT2D eigenvalue weighted by Crippen LogP contribution is -2.51. The van der Waals surface area contributed by atoms with Gasteiger partial charge in [-0.3, -0.25) is 9.29 Å². The predicted octanol–water partition coefficient (Wildman–Crippen LogP) is 2.49. The van der Waals surface area contributed by atoms with Crippen LogP contribution in [-0.4, -0.2) is 85.0 Å². The number of hydrogen-bond acceptors (Lipinski definition) is 11. The molecular weight excluding hydrogens is 545 g/mol. The fourth-order valence-corrected chi connectivity index (χ4v) is 6.45. The van der Waals surface area contributed by atoms with E-state index in [4.69, 9.17) is 18.9 Å². The Hall–Kier alpha value is -3.56. The van der Waals surface area contributed by atoms with Gasteiger partial charge in [0.25, 0.3) is 0 Å². The second-order valence-corrected chi connectivity index (χ2v) is 11.4. The summed E-state index contributed by atoms with van der Waals surface area (Å²) in [6, 6.07) is 5.25. The van der Waals surface area contributed by atoms with E-state index >= 15 is 0 Å². The van der Waals surface area contributed by atoms with E-state index in [0.29, 0.717) is 49.2 Å². The van der Waals surface area contributed by atoms with Crippen molar-refractivity contribution >= 4 is 21.9 Å². The molecule has 2 aliphatic rings. The van der Waals surface area contributed by atoms with E-state index in [9.17, 15) is 12.8 Å². The zero-order chi connectivity index (χ0) is 28.3. The molecule has 40 heavy (non-hydrogen) atoms. The van der Waals surface area contributed by atoms with Crippen LogP contribution < -0.4 is 19.1 Å². The number of piperidine rings is 1. The molecule has 2 aliphatic heterocycles. The van der Waals surface area contributed by atoms with E-state index < -0.39 is 27.2 Å². The lowest BCUT2D eigenvalue weighted by Gasteiger charge is -2.37. The number of sulfonamides is 1. The van der Waals surface area contributed by atoms with Crippen molar-refractivity contribution < 1.29 is 31.8 Å². The SMILES string of the molecule is CCO[C@H]1C[C@@H](S(=O)(=O)Nc2nnc(C3CCCO3)n2-c2c(OC)cccc2OC)CN(c2ncc(F)cn2)C1. The van der Waals surface area contributed by atoms with Gasteiger partial charge in [0, 0.05) is 26.3 Å². The summed E-state index contributed by atoms with van der Waals surface area (Å²) in [5.74, 6) is 0.904. The fraction of sp³-hybridized carbons (Fsp3) is 0.520. The van der Waals surface area contributed by atoms with Gasteiger partial charge in [0.15, 0.2) is 11.6 Å². The van der Waals surface area contributed by atoms with E-state index in [0.717, 1.165) is 18.8 Å². The fourth-order valence-electron chi connectivity index (χ4n) is 5.06. The summed E-state index contributed by atoms with van der Waals surface area (Å²) in [6.45, 7) is 3.23. The number of aromatic nitrogens is 5. The molecule has 1 N–H and O–H groups in total. The number of nitrogens with one attached hydrogen (secondary N) is 1. The number of halogens is 1. The molecule has 0 spiro atoms. The van der Waals surface area contributed by atoms with Crippen molar-refractivity contribution in [1.82, 2.24) is 24.7 Å². The first-order chi connectivity index (χ1) is 19.3. The smallest absolute Gasteiger partial charge is 0.243 e. The largest absolute Gasteiger partial charge is 0.494 e. The number of ether oxygens (including phenoxy) is 4. The summed E-state index contributed by atoms with van der Waals surface area (Å²) in [5, 5.41) is 7.63. The molecule has 0 aliphatic carbocycles. The van der Waals surface area contributed by atoms with Crippen molar-refractivity contribution in [2.75, 3.05) is 50.1 Å². The lowest BCUT2D eigenvalue weighted by atomic mass is 10.1. The van der Waals surface area contributed by atoms with E-state index in [1.54, 1.807) is 27.7 Å². The minimum atomic E-state index is -4.06. The van der Waals surface area contributed by atoms with Crippen LogP contribution in [0.4, 0.5) is 16.3 Å². The first kappa shape index (κ1) is 28.0. The molecule has 1 unspecified atom stereocenters. The van der Waals surface area contributed by atoms with Crippen molar-refractivity contribution in [3.63, 3.8) is 0 Å². The third-order valence-electron chi connectivity index (χ3n) is 6.87. The van der Waals surface area contributed by atoms with Gasteiger partial charge in [0.1, 0.15) is 28.5 Å². The van der Waals surface area contributed by atoms with Crippen LogP contribution in [0.1, 0.15) is 38.1 Å². The topological polar surface area (TPSA) is 143 Å². The molecule has 216 valence electrons. The summed E-state index contributed by atoms with van der Waals surface area (Å²) >= 11 is 0. The molecule has 1 aromatic carbocycles. The Morgan fingerprint density at radius 1 is 1.12 bits per heavy atom. The Morgan fingerprint density at radius 2 is 1.85 bits per heavy atom. The molecule has 0 radical (unpaired) electrons. The Morgan fingerprint density at radius 3 is 2.48 bits per heavy atom. The first-order valence-electron chi connectivity index (χ1n) is 13.0. The van der Waals surface area contributed by atoms with Gasteiger partial charge in [-0.05, 0) is 38.3 Å². The van der Waals surface area contributed by atoms with Gasteiger partial charge in [-0.25, -0.2) is 22.8 Å². The van der Waals surface area contributed by atoms with Crippen LogP contribution in [0.5, 0.6) is 11.5 Å². The highest BCUT2D eigenvalue weighted by atomic mass is 32.2. The zero-order valence-electron chi connectivity index (χ0n) is 22.5. The minimum Gasteiger partial charge on any atom is -0.494 e. The van der Waals surface area contributed by atoms with Gasteiger partial charge in [-0.1, -0.05) is 6.07 Å². The van der Waals surface area contributed by atoms with Crippen molar-refractivity contribution in [3.05, 3.63) is 42.2 Å². The molecule has 3 atom stereocenters. The second kappa shape index (κ2) is 11.9. The summed E-state index contributed by atoms with van der Waals surface area (Å²) < 4.78 is 68.4. The average molecular weight is 578 g/mol. The van der Waals surface area contributed by atoms with E-state index in [1.165, 1.54) is 14.2 Å². The maximum atomic E-state index is 13.9. The van der Waals surface area contributed by atoms with Crippen molar-refractivity contribution in [2.24, 2.45) is 0 Å². The number of hydrogen-bond donors (Lipinski definition) is 1. The number of anilines is 2. The summed E-state index contributed by atoms with van der Waals surface area (Å²) in [6.07, 6.45) is 3.06. The molecule has 2 saturated heterocycles. The molecule has 15 heteroatoms. The molecule has 2 fully saturated rings. The highest BCUT2D eigenvalue weighted by Gasteiger charge is 2.39. The maximum absolute atomic E-state index is 13.9. The maximum Gasteiger partial charge on any atom is 0.243 e. The molecule has 0 bridgehead atoms. The van der Waals surface area contributed by atoms with Crippen LogP contribution in [0, 0.1) is 5.82 Å². The van der Waals surface area contributed by atoms with Crippen molar-refractivity contribution in [3.8, 4) is 17.2 Å². The monoisotopic (exact) mass is 577 g/mol. The third kappa shape index (κ3) is 5.67. The Kier molecular flexibility index (Phi) is 8.32. The number of benzene rings is 1. The van der Waals surface area contributed by atoms with Gasteiger partial charge < -0.3 is 23.8 Å². The van der Waals surface area contributed by atoms with Crippen LogP contribution in [0.2, 0.25) is 0 Å². The summed E-state index contributed by atoms with van der Waals surface area (Å²) in [5.41, 5.74) is 0.442. The molecule has 2 aromatic heterocycles. The van der Waals surface area contributed by atoms with E-state index in [1.807, 2.05) is 6.92 Å². The van der Waals surface area contributed by atoms with Gasteiger partial charge in [0.05, 0.1) is 32.7 Å². The zero-order valence-corrected chi connectivity index (χ0v) is 23.3. The molecule has 5 rings (SSSR count). The van der Waals surface area contributed by atoms with Crippen LogP contribution in [0.3, 0.4) is 0 Å². The molecule has 13 nitrogen and oxygen atoms in total. The van der Waals surface area contributed by atoms with Crippen LogP contribution >= 0.6 is 0 Å². The van der Waals surface area contributed by atoms with Gasteiger partial charge in [-0.2, -0.15) is 0 Å². The van der Waals surface area contributed by atoms with Gasteiger partial charge in [0.2, 0.25) is 21.9 Å². The molecule has 0 saturated carbocycles. The normalized spacial score (nSPS) is 21.4. The quantitative estimate of drug-likeness (QED) is 0.380. The molecular formula is C25H32FN7O6S. The van der Waals surface area contributed by atoms with Crippen LogP contribution in [0.15, 0.2) is 30.6 Å². The standard InChI is InChI=1S/C25H32FN7O6S/c1-4-38-17-11-18(15-32(14-17)24-27-12-16(26)13-28-24)40(34,35)31-25-30-29-23(21-9-6-10-39-21)33(25)22-19(36-2)7-5-8-20(22)37-3/h5,7-8,12-13,17-18,21H,4,6,9-11,14-15H2,1-3H3,(H,30,31)/t17-,18+,21?/m0/s1. The Balaban J connectivity index is 1.52. The number of rotatable bonds is 10. The average Bonchev–Trinajstić information content (AvgIpc) is 3.63. The molecule has 0 amide bonds. The summed E-state index contributed by atoms with van der Waals surface area (Å²) in [4.78, 5) is 9.75. The number of nitrogens with zero attached hydrogens (tertiary/aromatic N) is 6. The Bertz CT molecular complexity index is 1390. The van der Waals surface area contributed by atoms with Crippen molar-refractivity contribution in [2.45, 2.75) is 43.6 Å². The molecule has 3 aromatic rings. The minimum absolute atomic E-state index is 0.0311. The van der Waals surface area contributed by atoms with Crippen molar-refractivity contribution in [1.29, 1.82) is 0 Å². The summed E-state index contributed by atoms with van der Waals surface area (Å²) in [7, 11) is -1.04. The number of methoxy groups -OCH3 is 2. The highest BCUT2D eigenvalue weighted by molar-refractivity contribution is 7.93. The first-order valence-corrected chi connectivity index (χ1v) is 14.5. The van der Waals surface area contributed by atoms with Crippen LogP contribution in [0.25, 0.3) is 5.69 Å². The van der Waals surface area contributed by atoms with E-state index in [2.05, 4.69) is 24.9 Å². The lowest BCUT2D eigenvalue weighted by molar-refractivity contribution is 0.0531. The van der Waals surface area contributed by atoms with Gasteiger partial charge >= 0.3 is 0 Å². The third-order valence-corrected chi connectivity index (χ3v) is 8.56. The number of para-hydroxylation sites is 1. The second-order valence-electron chi connectivity index (χ2n) is 9.42. The highest BCUT2D eigenvalue weighted by Crippen LogP contribution is 2.39. The van der Waals surface area contributed by atoms with E-state index in [-0.39, 0.29) is 31.0 Å². The molecule has 4 heterocycles. The van der Waals surface area contributed by atoms with Gasteiger partial charge in [-0.15, -0.1) is 10.2 Å².